The first-order valence-electron chi connectivity index (χ1n) is 7.16. The number of likely N-dealkylation sites (N-methyl/N-ethyl adjacent to an activating group) is 1. The van der Waals surface area contributed by atoms with Crippen LogP contribution in [0.4, 0.5) is 10.5 Å². The Hall–Kier alpha value is -2.53. The highest BCUT2D eigenvalue weighted by Crippen LogP contribution is 2.38. The second kappa shape index (κ2) is 5.93. The molecule has 2 N–H and O–H groups in total. The average molecular weight is 330 g/mol. The summed E-state index contributed by atoms with van der Waals surface area (Å²) in [5.41, 5.74) is 7.92. The molecule has 1 atom stereocenters. The van der Waals surface area contributed by atoms with Crippen LogP contribution in [0.15, 0.2) is 48.5 Å². The average Bonchev–Trinajstić information content (AvgIpc) is 2.64. The van der Waals surface area contributed by atoms with Gasteiger partial charge in [0.25, 0.3) is 0 Å². The summed E-state index contributed by atoms with van der Waals surface area (Å²) < 4.78 is 0. The number of hydrogen-bond acceptors (Lipinski definition) is 2. The lowest BCUT2D eigenvalue weighted by atomic mass is 9.96. The monoisotopic (exact) mass is 329 g/mol. The third-order valence-corrected chi connectivity index (χ3v) is 4.27. The Balaban J connectivity index is 2.27. The molecule has 0 bridgehead atoms. The summed E-state index contributed by atoms with van der Waals surface area (Å²) in [5, 5.41) is 0.539. The van der Waals surface area contributed by atoms with Crippen molar-refractivity contribution in [1.29, 1.82) is 0 Å². The van der Waals surface area contributed by atoms with Gasteiger partial charge in [0.1, 0.15) is 6.54 Å². The van der Waals surface area contributed by atoms with E-state index in [2.05, 4.69) is 0 Å². The quantitative estimate of drug-likeness (QED) is 0.874. The van der Waals surface area contributed by atoms with E-state index in [0.29, 0.717) is 5.02 Å². The van der Waals surface area contributed by atoms with E-state index >= 15 is 0 Å². The summed E-state index contributed by atoms with van der Waals surface area (Å²) in [6.45, 7) is -0.0856. The van der Waals surface area contributed by atoms with Gasteiger partial charge < -0.3 is 15.5 Å². The lowest BCUT2D eigenvalue weighted by Crippen LogP contribution is -2.43. The van der Waals surface area contributed by atoms with Gasteiger partial charge in [-0.05, 0) is 23.8 Å². The van der Waals surface area contributed by atoms with Crippen molar-refractivity contribution in [3.8, 4) is 0 Å². The maximum absolute atomic E-state index is 12.4. The lowest BCUT2D eigenvalue weighted by molar-refractivity contribution is -0.118. The van der Waals surface area contributed by atoms with Crippen LogP contribution in [0, 0.1) is 0 Å². The summed E-state index contributed by atoms with van der Waals surface area (Å²) in [4.78, 5) is 27.3. The number of anilines is 1. The standard InChI is InChI=1S/C17H16ClN3O2/c1-20-14-8-7-12(18)9-13(14)16(11-5-3-2-4-6-11)21(17(19)23)10-15(20)22/h2-9,16H,10H2,1H3,(H2,19,23)/t16-/m1/s1. The highest BCUT2D eigenvalue weighted by atomic mass is 35.5. The third-order valence-electron chi connectivity index (χ3n) is 4.04. The minimum absolute atomic E-state index is 0.0856. The van der Waals surface area contributed by atoms with E-state index in [4.69, 9.17) is 17.3 Å². The topological polar surface area (TPSA) is 66.6 Å². The molecule has 2 aromatic rings. The number of nitrogens with two attached hydrogens (primary N) is 1. The minimum Gasteiger partial charge on any atom is -0.351 e. The van der Waals surface area contributed by atoms with Gasteiger partial charge in [-0.2, -0.15) is 0 Å². The number of benzene rings is 2. The van der Waals surface area contributed by atoms with Crippen LogP contribution in [0.1, 0.15) is 17.2 Å². The molecule has 0 aromatic heterocycles. The van der Waals surface area contributed by atoms with E-state index in [-0.39, 0.29) is 12.5 Å². The van der Waals surface area contributed by atoms with Crippen molar-refractivity contribution < 1.29 is 9.59 Å². The number of carbonyl (C=O) groups is 2. The Morgan fingerprint density at radius 1 is 1.22 bits per heavy atom. The van der Waals surface area contributed by atoms with Gasteiger partial charge in [-0.3, -0.25) is 4.79 Å². The molecule has 0 aliphatic carbocycles. The van der Waals surface area contributed by atoms with Crippen molar-refractivity contribution in [2.45, 2.75) is 6.04 Å². The Morgan fingerprint density at radius 3 is 2.57 bits per heavy atom. The van der Waals surface area contributed by atoms with Crippen molar-refractivity contribution in [3.05, 3.63) is 64.7 Å². The fraction of sp³-hybridized carbons (Fsp3) is 0.176. The van der Waals surface area contributed by atoms with Crippen LogP contribution in [0.25, 0.3) is 0 Å². The predicted octanol–water partition coefficient (Wildman–Crippen LogP) is 2.79. The Kier molecular flexibility index (Phi) is 3.96. The van der Waals surface area contributed by atoms with E-state index in [0.717, 1.165) is 16.8 Å². The predicted molar refractivity (Wildman–Crippen MR) is 89.4 cm³/mol. The maximum atomic E-state index is 12.4. The molecule has 2 aromatic carbocycles. The van der Waals surface area contributed by atoms with Gasteiger partial charge in [0.05, 0.1) is 6.04 Å². The zero-order valence-electron chi connectivity index (χ0n) is 12.6. The molecule has 23 heavy (non-hydrogen) atoms. The molecular formula is C17H16ClN3O2. The molecule has 1 aliphatic heterocycles. The van der Waals surface area contributed by atoms with E-state index in [1.165, 1.54) is 9.80 Å². The highest BCUT2D eigenvalue weighted by molar-refractivity contribution is 6.30. The summed E-state index contributed by atoms with van der Waals surface area (Å²) in [5.74, 6) is -0.203. The molecule has 118 valence electrons. The van der Waals surface area contributed by atoms with Gasteiger partial charge in [0, 0.05) is 23.3 Å². The van der Waals surface area contributed by atoms with Crippen molar-refractivity contribution >= 4 is 29.2 Å². The fourth-order valence-corrected chi connectivity index (χ4v) is 3.08. The number of fused-ring (bicyclic) bond motifs is 1. The number of halogens is 1. The van der Waals surface area contributed by atoms with Crippen LogP contribution >= 0.6 is 11.6 Å². The number of carbonyl (C=O) groups excluding carboxylic acids is 2. The molecular weight excluding hydrogens is 314 g/mol. The lowest BCUT2D eigenvalue weighted by Gasteiger charge is -2.29. The molecule has 0 fully saturated rings. The maximum Gasteiger partial charge on any atom is 0.316 e. The first kappa shape index (κ1) is 15.4. The number of rotatable bonds is 1. The van der Waals surface area contributed by atoms with E-state index in [1.807, 2.05) is 30.3 Å². The van der Waals surface area contributed by atoms with Gasteiger partial charge >= 0.3 is 6.03 Å². The number of primary amides is 1. The Morgan fingerprint density at radius 2 is 1.91 bits per heavy atom. The number of hydrogen-bond donors (Lipinski definition) is 1. The first-order valence-corrected chi connectivity index (χ1v) is 7.54. The second-order valence-electron chi connectivity index (χ2n) is 5.44. The Labute approximate surface area is 139 Å². The molecule has 3 amide bonds. The van der Waals surface area contributed by atoms with Crippen LogP contribution < -0.4 is 10.6 Å². The Bertz CT molecular complexity index is 764. The number of nitrogens with zero attached hydrogens (tertiary/aromatic N) is 2. The molecule has 5 nitrogen and oxygen atoms in total. The number of amides is 3. The SMILES string of the molecule is CN1C(=O)CN(C(N)=O)[C@H](c2ccccc2)c2cc(Cl)ccc21. The molecule has 0 saturated carbocycles. The van der Waals surface area contributed by atoms with Crippen molar-refractivity contribution in [2.75, 3.05) is 18.5 Å². The van der Waals surface area contributed by atoms with Crippen LogP contribution in [0.3, 0.4) is 0 Å². The van der Waals surface area contributed by atoms with E-state index in [1.54, 1.807) is 25.2 Å². The molecule has 3 rings (SSSR count). The summed E-state index contributed by atoms with van der Waals surface area (Å²) >= 11 is 6.16. The third kappa shape index (κ3) is 2.75. The first-order chi connectivity index (χ1) is 11.0. The van der Waals surface area contributed by atoms with Crippen molar-refractivity contribution in [1.82, 2.24) is 4.90 Å². The molecule has 6 heteroatoms. The zero-order valence-corrected chi connectivity index (χ0v) is 13.3. The molecule has 0 saturated heterocycles. The van der Waals surface area contributed by atoms with Gasteiger partial charge in [0.15, 0.2) is 0 Å². The van der Waals surface area contributed by atoms with Crippen molar-refractivity contribution in [2.24, 2.45) is 5.73 Å². The summed E-state index contributed by atoms with van der Waals surface area (Å²) in [7, 11) is 1.68. The highest BCUT2D eigenvalue weighted by Gasteiger charge is 2.34. The fourth-order valence-electron chi connectivity index (χ4n) is 2.90. The normalized spacial score (nSPS) is 17.7. The van der Waals surface area contributed by atoms with Gasteiger partial charge in [-0.25, -0.2) is 4.79 Å². The van der Waals surface area contributed by atoms with E-state index in [9.17, 15) is 9.59 Å². The van der Waals surface area contributed by atoms with Gasteiger partial charge in [0.2, 0.25) is 5.91 Å². The summed E-state index contributed by atoms with van der Waals surface area (Å²) in [6, 6.07) is 13.7. The molecule has 1 heterocycles. The van der Waals surface area contributed by atoms with Crippen LogP contribution in [-0.4, -0.2) is 30.4 Å². The molecule has 0 radical (unpaired) electrons. The van der Waals surface area contributed by atoms with Crippen LogP contribution in [-0.2, 0) is 4.79 Å². The summed E-state index contributed by atoms with van der Waals surface area (Å²) in [6.07, 6.45) is 0. The molecule has 1 aliphatic rings. The number of urea groups is 1. The van der Waals surface area contributed by atoms with Crippen LogP contribution in [0.5, 0.6) is 0 Å². The minimum atomic E-state index is -0.645. The zero-order chi connectivity index (χ0) is 16.6. The largest absolute Gasteiger partial charge is 0.351 e. The smallest absolute Gasteiger partial charge is 0.316 e. The van der Waals surface area contributed by atoms with Crippen LogP contribution in [0.2, 0.25) is 5.02 Å². The molecule has 0 unspecified atom stereocenters. The second-order valence-corrected chi connectivity index (χ2v) is 5.87. The van der Waals surface area contributed by atoms with Gasteiger partial charge in [-0.1, -0.05) is 41.9 Å². The molecule has 0 spiro atoms. The van der Waals surface area contributed by atoms with E-state index < -0.39 is 12.1 Å². The van der Waals surface area contributed by atoms with Gasteiger partial charge in [-0.15, -0.1) is 0 Å². The van der Waals surface area contributed by atoms with Crippen molar-refractivity contribution in [3.63, 3.8) is 0 Å².